The lowest BCUT2D eigenvalue weighted by atomic mass is 10.1. The van der Waals surface area contributed by atoms with E-state index in [2.05, 4.69) is 36.8 Å². The Hall–Kier alpha value is -1.93. The molecule has 0 aliphatic carbocycles. The Labute approximate surface area is 145 Å². The van der Waals surface area contributed by atoms with Gasteiger partial charge in [0.2, 0.25) is 0 Å². The zero-order valence-corrected chi connectivity index (χ0v) is 15.1. The van der Waals surface area contributed by atoms with Gasteiger partial charge >= 0.3 is 0 Å². The molecular weight excluding hydrogens is 324 g/mol. The quantitative estimate of drug-likeness (QED) is 0.890. The van der Waals surface area contributed by atoms with E-state index >= 15 is 0 Å². The monoisotopic (exact) mass is 346 g/mol. The number of likely N-dealkylation sites (tertiary alicyclic amines) is 1. The molecule has 7 nitrogen and oxygen atoms in total. The Kier molecular flexibility index (Phi) is 5.15. The second-order valence-electron chi connectivity index (χ2n) is 6.05. The Morgan fingerprint density at radius 2 is 2.33 bits per heavy atom. The van der Waals surface area contributed by atoms with Crippen LogP contribution in [0.25, 0.3) is 0 Å². The van der Waals surface area contributed by atoms with Crippen molar-refractivity contribution < 1.29 is 4.79 Å². The lowest BCUT2D eigenvalue weighted by molar-refractivity contribution is 0.0953. The van der Waals surface area contributed by atoms with Crippen LogP contribution >= 0.6 is 11.5 Å². The Balaban J connectivity index is 1.76. The third-order valence-corrected chi connectivity index (χ3v) is 5.16. The molecule has 1 fully saturated rings. The molecule has 8 heteroatoms. The van der Waals surface area contributed by atoms with Crippen molar-refractivity contribution in [2.45, 2.75) is 45.7 Å². The van der Waals surface area contributed by atoms with E-state index in [0.29, 0.717) is 23.9 Å². The highest BCUT2D eigenvalue weighted by molar-refractivity contribution is 7.08. The summed E-state index contributed by atoms with van der Waals surface area (Å²) >= 11 is 1.14. The highest BCUT2D eigenvalue weighted by Crippen LogP contribution is 2.31. The first kappa shape index (κ1) is 16.9. The van der Waals surface area contributed by atoms with E-state index in [1.165, 1.54) is 6.42 Å². The fourth-order valence-electron chi connectivity index (χ4n) is 3.06. The number of rotatable bonds is 5. The van der Waals surface area contributed by atoms with E-state index in [0.717, 1.165) is 47.3 Å². The van der Waals surface area contributed by atoms with Gasteiger partial charge in [0.1, 0.15) is 10.7 Å². The Morgan fingerprint density at radius 1 is 1.50 bits per heavy atom. The molecule has 0 radical (unpaired) electrons. The molecule has 1 aliphatic heterocycles. The van der Waals surface area contributed by atoms with Crippen LogP contribution in [0.2, 0.25) is 0 Å². The average molecular weight is 346 g/mol. The molecule has 24 heavy (non-hydrogen) atoms. The number of nitrogens with one attached hydrogen (secondary N) is 1. The molecule has 1 aliphatic rings. The van der Waals surface area contributed by atoms with Crippen molar-refractivity contribution in [3.63, 3.8) is 0 Å². The molecule has 1 amide bonds. The molecule has 1 N–H and O–H groups in total. The smallest absolute Gasteiger partial charge is 0.265 e. The molecular formula is C16H22N6OS. The molecule has 0 bridgehead atoms. The van der Waals surface area contributed by atoms with Crippen LogP contribution < -0.4 is 5.32 Å². The van der Waals surface area contributed by atoms with Gasteiger partial charge in [0, 0.05) is 18.3 Å². The zero-order valence-electron chi connectivity index (χ0n) is 14.2. The molecule has 0 spiro atoms. The molecule has 0 aromatic carbocycles. The van der Waals surface area contributed by atoms with E-state index in [1.807, 2.05) is 20.0 Å². The summed E-state index contributed by atoms with van der Waals surface area (Å²) < 4.78 is 3.87. The van der Waals surface area contributed by atoms with Gasteiger partial charge in [0.15, 0.2) is 0 Å². The third kappa shape index (κ3) is 3.44. The number of nitrogens with zero attached hydrogens (tertiary/aromatic N) is 5. The van der Waals surface area contributed by atoms with Crippen molar-refractivity contribution in [2.24, 2.45) is 0 Å². The molecule has 2 aromatic heterocycles. The van der Waals surface area contributed by atoms with Gasteiger partial charge in [0.25, 0.3) is 5.91 Å². The predicted molar refractivity (Wildman–Crippen MR) is 91.8 cm³/mol. The number of carbonyl (C=O) groups is 1. The van der Waals surface area contributed by atoms with E-state index in [9.17, 15) is 4.79 Å². The standard InChI is InChI=1S/C16H22N6OS/c1-4-12-15(24-21-20-12)16(23)18-9-11-8-17-10(2)19-14(11)13-6-5-7-22(13)3/h8,13H,4-7,9H2,1-3H3,(H,18,23)/t13-/m0/s1. The van der Waals surface area contributed by atoms with Gasteiger partial charge in [-0.25, -0.2) is 9.97 Å². The summed E-state index contributed by atoms with van der Waals surface area (Å²) in [6.07, 6.45) is 4.79. The number of aromatic nitrogens is 4. The second-order valence-corrected chi connectivity index (χ2v) is 6.81. The molecule has 1 atom stereocenters. The summed E-state index contributed by atoms with van der Waals surface area (Å²) in [7, 11) is 2.12. The van der Waals surface area contributed by atoms with Crippen LogP contribution in [0.15, 0.2) is 6.20 Å². The number of hydrogen-bond donors (Lipinski definition) is 1. The van der Waals surface area contributed by atoms with Crippen molar-refractivity contribution in [3.8, 4) is 0 Å². The first-order valence-corrected chi connectivity index (χ1v) is 8.99. The van der Waals surface area contributed by atoms with Crippen LogP contribution in [0.5, 0.6) is 0 Å². The maximum atomic E-state index is 12.4. The summed E-state index contributed by atoms with van der Waals surface area (Å²) in [4.78, 5) is 24.3. The molecule has 3 rings (SSSR count). The third-order valence-electron chi connectivity index (χ3n) is 4.39. The minimum absolute atomic E-state index is 0.131. The Morgan fingerprint density at radius 3 is 3.04 bits per heavy atom. The van der Waals surface area contributed by atoms with Crippen molar-refractivity contribution in [2.75, 3.05) is 13.6 Å². The van der Waals surface area contributed by atoms with Crippen LogP contribution in [0.4, 0.5) is 0 Å². The molecule has 1 saturated heterocycles. The highest BCUT2D eigenvalue weighted by Gasteiger charge is 2.26. The van der Waals surface area contributed by atoms with Gasteiger partial charge in [-0.3, -0.25) is 9.69 Å². The SMILES string of the molecule is CCc1nnsc1C(=O)NCc1cnc(C)nc1[C@@H]1CCCN1C. The van der Waals surface area contributed by atoms with Crippen molar-refractivity contribution >= 4 is 17.4 Å². The fourth-order valence-corrected chi connectivity index (χ4v) is 3.73. The summed E-state index contributed by atoms with van der Waals surface area (Å²) in [5.74, 6) is 0.633. The van der Waals surface area contributed by atoms with Crippen LogP contribution in [0.3, 0.4) is 0 Å². The first-order valence-electron chi connectivity index (χ1n) is 8.22. The van der Waals surface area contributed by atoms with E-state index in [4.69, 9.17) is 0 Å². The van der Waals surface area contributed by atoms with Crippen LogP contribution in [0, 0.1) is 6.92 Å². The summed E-state index contributed by atoms with van der Waals surface area (Å²) in [6.45, 7) is 5.36. The van der Waals surface area contributed by atoms with Gasteiger partial charge in [-0.2, -0.15) is 0 Å². The predicted octanol–water partition coefficient (Wildman–Crippen LogP) is 1.90. The normalized spacial score (nSPS) is 18.0. The van der Waals surface area contributed by atoms with E-state index in [-0.39, 0.29) is 5.91 Å². The number of carbonyl (C=O) groups excluding carboxylic acids is 1. The van der Waals surface area contributed by atoms with Crippen LogP contribution in [-0.4, -0.2) is 44.0 Å². The van der Waals surface area contributed by atoms with Crippen molar-refractivity contribution in [3.05, 3.63) is 33.8 Å². The molecule has 3 heterocycles. The number of hydrogen-bond acceptors (Lipinski definition) is 7. The number of amides is 1. The topological polar surface area (TPSA) is 83.9 Å². The van der Waals surface area contributed by atoms with Gasteiger partial charge in [-0.15, -0.1) is 5.10 Å². The maximum Gasteiger partial charge on any atom is 0.265 e. The zero-order chi connectivity index (χ0) is 17.1. The van der Waals surface area contributed by atoms with Gasteiger partial charge < -0.3 is 5.32 Å². The van der Waals surface area contributed by atoms with Gasteiger partial charge in [-0.1, -0.05) is 11.4 Å². The Bertz CT molecular complexity index is 731. The molecule has 0 unspecified atom stereocenters. The summed E-state index contributed by atoms with van der Waals surface area (Å²) in [5.41, 5.74) is 2.75. The van der Waals surface area contributed by atoms with Crippen LogP contribution in [-0.2, 0) is 13.0 Å². The maximum absolute atomic E-state index is 12.4. The summed E-state index contributed by atoms with van der Waals surface area (Å²) in [6, 6.07) is 0.301. The first-order chi connectivity index (χ1) is 11.6. The number of aryl methyl sites for hydroxylation is 2. The fraction of sp³-hybridized carbons (Fsp3) is 0.562. The molecule has 128 valence electrons. The molecule has 2 aromatic rings. The van der Waals surface area contributed by atoms with E-state index < -0.39 is 0 Å². The minimum Gasteiger partial charge on any atom is -0.347 e. The molecule has 0 saturated carbocycles. The van der Waals surface area contributed by atoms with Crippen molar-refractivity contribution in [1.82, 2.24) is 29.8 Å². The van der Waals surface area contributed by atoms with E-state index in [1.54, 1.807) is 0 Å². The largest absolute Gasteiger partial charge is 0.347 e. The van der Waals surface area contributed by atoms with Crippen molar-refractivity contribution in [1.29, 1.82) is 0 Å². The van der Waals surface area contributed by atoms with Gasteiger partial charge in [-0.05, 0) is 51.3 Å². The minimum atomic E-state index is -0.131. The highest BCUT2D eigenvalue weighted by atomic mass is 32.1. The second kappa shape index (κ2) is 7.31. The lowest BCUT2D eigenvalue weighted by Gasteiger charge is -2.21. The summed E-state index contributed by atoms with van der Waals surface area (Å²) in [5, 5.41) is 6.96. The van der Waals surface area contributed by atoms with Crippen LogP contribution in [0.1, 0.15) is 58.3 Å². The lowest BCUT2D eigenvalue weighted by Crippen LogP contribution is -2.26. The average Bonchev–Trinajstić information content (AvgIpc) is 3.21. The van der Waals surface area contributed by atoms with Gasteiger partial charge in [0.05, 0.1) is 17.4 Å².